The summed E-state index contributed by atoms with van der Waals surface area (Å²) in [5, 5.41) is 11.3. The smallest absolute Gasteiger partial charge is 0.191 e. The maximum absolute atomic E-state index is 14.1. The van der Waals surface area contributed by atoms with Crippen LogP contribution in [-0.2, 0) is 12.0 Å². The van der Waals surface area contributed by atoms with Crippen LogP contribution in [0.1, 0.15) is 36.7 Å². The van der Waals surface area contributed by atoms with E-state index in [0.29, 0.717) is 12.5 Å². The van der Waals surface area contributed by atoms with Gasteiger partial charge in [-0.3, -0.25) is 9.67 Å². The maximum Gasteiger partial charge on any atom is 0.191 e. The molecule has 1 atom stereocenters. The van der Waals surface area contributed by atoms with Crippen LogP contribution < -0.4 is 10.6 Å². The van der Waals surface area contributed by atoms with Crippen molar-refractivity contribution in [2.24, 2.45) is 10.9 Å². The van der Waals surface area contributed by atoms with Crippen LogP contribution in [0, 0.1) is 25.6 Å². The van der Waals surface area contributed by atoms with E-state index < -0.39 is 0 Å². The molecule has 3 rings (SSSR count). The van der Waals surface area contributed by atoms with Gasteiger partial charge in [0.2, 0.25) is 0 Å². The van der Waals surface area contributed by atoms with Gasteiger partial charge in [-0.1, -0.05) is 25.1 Å². The minimum atomic E-state index is -0.113. The molecule has 28 heavy (non-hydrogen) atoms. The highest BCUT2D eigenvalue weighted by molar-refractivity contribution is 14.0. The first kappa shape index (κ1) is 22.6. The molecule has 2 aromatic rings. The van der Waals surface area contributed by atoms with Gasteiger partial charge in [-0.25, -0.2) is 4.39 Å². The number of aromatic nitrogens is 2. The van der Waals surface area contributed by atoms with Crippen molar-refractivity contribution in [3.05, 3.63) is 53.1 Å². The number of rotatable bonds is 7. The average Bonchev–Trinajstić information content (AvgIpc) is 3.35. The van der Waals surface area contributed by atoms with Gasteiger partial charge < -0.3 is 10.6 Å². The quantitative estimate of drug-likeness (QED) is 0.347. The van der Waals surface area contributed by atoms with E-state index in [0.717, 1.165) is 43.1 Å². The second-order valence-corrected chi connectivity index (χ2v) is 7.78. The van der Waals surface area contributed by atoms with Crippen molar-refractivity contribution in [1.29, 1.82) is 0 Å². The Kier molecular flexibility index (Phi) is 7.86. The van der Waals surface area contributed by atoms with E-state index in [9.17, 15) is 4.39 Å². The first-order valence-corrected chi connectivity index (χ1v) is 9.64. The Labute approximate surface area is 184 Å². The van der Waals surface area contributed by atoms with Crippen LogP contribution in [0.3, 0.4) is 0 Å². The molecule has 1 fully saturated rings. The van der Waals surface area contributed by atoms with E-state index in [-0.39, 0.29) is 35.2 Å². The Morgan fingerprint density at radius 1 is 1.29 bits per heavy atom. The van der Waals surface area contributed by atoms with Crippen molar-refractivity contribution < 1.29 is 4.39 Å². The van der Waals surface area contributed by atoms with Crippen LogP contribution in [0.25, 0.3) is 0 Å². The number of aliphatic imine (C=N–C) groups is 1. The number of nitrogens with one attached hydrogen (secondary N) is 2. The van der Waals surface area contributed by atoms with Gasteiger partial charge in [0.05, 0.1) is 5.69 Å². The van der Waals surface area contributed by atoms with Crippen molar-refractivity contribution in [2.75, 3.05) is 20.1 Å². The summed E-state index contributed by atoms with van der Waals surface area (Å²) in [6.45, 7) is 8.64. The Bertz CT molecular complexity index is 813. The first-order valence-electron chi connectivity index (χ1n) is 9.64. The molecule has 1 heterocycles. The van der Waals surface area contributed by atoms with E-state index in [2.05, 4.69) is 45.3 Å². The third-order valence-electron chi connectivity index (χ3n) is 5.32. The molecule has 1 aliphatic carbocycles. The number of hydrogen-bond donors (Lipinski definition) is 2. The molecule has 1 aromatic heterocycles. The Hall–Kier alpha value is -1.64. The average molecular weight is 499 g/mol. The van der Waals surface area contributed by atoms with Crippen LogP contribution in [0.5, 0.6) is 0 Å². The zero-order chi connectivity index (χ0) is 19.4. The first-order chi connectivity index (χ1) is 12.9. The van der Waals surface area contributed by atoms with Gasteiger partial charge in [0, 0.05) is 37.8 Å². The summed E-state index contributed by atoms with van der Waals surface area (Å²) in [5.74, 6) is 1.05. The van der Waals surface area contributed by atoms with Crippen LogP contribution in [0.2, 0.25) is 0 Å². The van der Waals surface area contributed by atoms with Gasteiger partial charge >= 0.3 is 0 Å². The lowest BCUT2D eigenvalue weighted by Gasteiger charge is -2.21. The fraction of sp³-hybridized carbons (Fsp3) is 0.524. The lowest BCUT2D eigenvalue weighted by atomic mass is 9.95. The summed E-state index contributed by atoms with van der Waals surface area (Å²) in [5.41, 5.74) is 2.94. The van der Waals surface area contributed by atoms with Crippen LogP contribution in [-0.4, -0.2) is 35.9 Å². The molecule has 2 N–H and O–H groups in total. The molecule has 0 bridgehead atoms. The molecule has 154 valence electrons. The van der Waals surface area contributed by atoms with E-state index in [1.165, 1.54) is 5.69 Å². The number of benzene rings is 1. The molecule has 1 aromatic carbocycles. The number of nitrogens with zero attached hydrogens (tertiary/aromatic N) is 3. The third kappa shape index (κ3) is 5.46. The molecule has 7 heteroatoms. The number of hydrogen-bond acceptors (Lipinski definition) is 2. The minimum Gasteiger partial charge on any atom is -0.356 e. The number of halogens is 2. The summed E-state index contributed by atoms with van der Waals surface area (Å²) in [4.78, 5) is 4.31. The number of aryl methyl sites for hydroxylation is 2. The number of guanidine groups is 1. The van der Waals surface area contributed by atoms with Crippen LogP contribution >= 0.6 is 24.0 Å². The Morgan fingerprint density at radius 3 is 2.57 bits per heavy atom. The molecule has 1 unspecified atom stereocenters. The molecule has 5 nitrogen and oxygen atoms in total. The van der Waals surface area contributed by atoms with Gasteiger partial charge in [-0.05, 0) is 50.3 Å². The molecule has 0 saturated heterocycles. The van der Waals surface area contributed by atoms with Crippen LogP contribution in [0.4, 0.5) is 4.39 Å². The molecule has 0 spiro atoms. The van der Waals surface area contributed by atoms with Crippen LogP contribution in [0.15, 0.2) is 35.3 Å². The van der Waals surface area contributed by atoms with Gasteiger partial charge in [-0.15, -0.1) is 24.0 Å². The monoisotopic (exact) mass is 499 g/mol. The molecular formula is C21H31FIN5. The van der Waals surface area contributed by atoms with Gasteiger partial charge in [0.15, 0.2) is 5.96 Å². The highest BCUT2D eigenvalue weighted by atomic mass is 127. The van der Waals surface area contributed by atoms with E-state index in [4.69, 9.17) is 0 Å². The third-order valence-corrected chi connectivity index (χ3v) is 5.32. The zero-order valence-corrected chi connectivity index (χ0v) is 19.5. The molecular weight excluding hydrogens is 468 g/mol. The van der Waals surface area contributed by atoms with Crippen molar-refractivity contribution in [2.45, 2.75) is 45.6 Å². The van der Waals surface area contributed by atoms with E-state index in [1.807, 2.05) is 19.1 Å². The largest absolute Gasteiger partial charge is 0.356 e. The summed E-state index contributed by atoms with van der Waals surface area (Å²) >= 11 is 0. The maximum atomic E-state index is 14.1. The van der Waals surface area contributed by atoms with E-state index >= 15 is 0 Å². The summed E-state index contributed by atoms with van der Waals surface area (Å²) < 4.78 is 16.2. The summed E-state index contributed by atoms with van der Waals surface area (Å²) in [6, 6.07) is 9.19. The molecule has 1 saturated carbocycles. The molecule has 1 aliphatic rings. The lowest BCUT2D eigenvalue weighted by Crippen LogP contribution is -2.43. The predicted molar refractivity (Wildman–Crippen MR) is 123 cm³/mol. The predicted octanol–water partition coefficient (Wildman–Crippen LogP) is 3.79. The van der Waals surface area contributed by atoms with Gasteiger partial charge in [-0.2, -0.15) is 5.10 Å². The minimum absolute atomic E-state index is 0. The fourth-order valence-electron chi connectivity index (χ4n) is 3.55. The van der Waals surface area contributed by atoms with Gasteiger partial charge in [0.1, 0.15) is 5.82 Å². The Morgan fingerprint density at radius 2 is 2.00 bits per heavy atom. The second-order valence-electron chi connectivity index (χ2n) is 7.78. The fourth-order valence-corrected chi connectivity index (χ4v) is 3.55. The molecule has 0 amide bonds. The summed E-state index contributed by atoms with van der Waals surface area (Å²) in [6.07, 6.45) is 2.01. The van der Waals surface area contributed by atoms with Crippen molar-refractivity contribution in [3.8, 4) is 0 Å². The van der Waals surface area contributed by atoms with Gasteiger partial charge in [0.25, 0.3) is 0 Å². The molecule has 0 aliphatic heterocycles. The highest BCUT2D eigenvalue weighted by Crippen LogP contribution is 2.48. The second kappa shape index (κ2) is 9.71. The normalized spacial score (nSPS) is 16.2. The highest BCUT2D eigenvalue weighted by Gasteiger charge is 2.45. The van der Waals surface area contributed by atoms with Crippen molar-refractivity contribution in [1.82, 2.24) is 20.4 Å². The Balaban J connectivity index is 0.00000280. The zero-order valence-electron chi connectivity index (χ0n) is 17.1. The SMILES string of the molecule is CN=C(NCC(C)Cn1nc(C)cc1C)NCC1(c2ccccc2F)CC1.I. The molecule has 0 radical (unpaired) electrons. The summed E-state index contributed by atoms with van der Waals surface area (Å²) in [7, 11) is 1.77. The van der Waals surface area contributed by atoms with Crippen molar-refractivity contribution in [3.63, 3.8) is 0 Å². The topological polar surface area (TPSA) is 54.2 Å². The standard InChI is InChI=1S/C21H30FN5.HI/c1-15(13-27-17(3)11-16(2)26-27)12-24-20(23-4)25-14-21(9-10-21)18-7-5-6-8-19(18)22;/h5-8,11,15H,9-10,12-14H2,1-4H3,(H2,23,24,25);1H. The van der Waals surface area contributed by atoms with Crippen molar-refractivity contribution >= 4 is 29.9 Å². The van der Waals surface area contributed by atoms with E-state index in [1.54, 1.807) is 19.2 Å². The lowest BCUT2D eigenvalue weighted by molar-refractivity contribution is 0.435.